The van der Waals surface area contributed by atoms with Crippen LogP contribution in [0.4, 0.5) is 0 Å². The van der Waals surface area contributed by atoms with Gasteiger partial charge in [0.1, 0.15) is 5.69 Å². The van der Waals surface area contributed by atoms with E-state index in [1.807, 2.05) is 0 Å². The van der Waals surface area contributed by atoms with Crippen LogP contribution < -0.4 is 10.2 Å². The van der Waals surface area contributed by atoms with Crippen molar-refractivity contribution < 1.29 is 14.4 Å². The molecule has 1 heterocycles. The minimum Gasteiger partial charge on any atom is -0.352 e. The lowest BCUT2D eigenvalue weighted by Gasteiger charge is -2.05. The summed E-state index contributed by atoms with van der Waals surface area (Å²) in [5.74, 6) is -0.777. The van der Waals surface area contributed by atoms with Crippen LogP contribution >= 0.6 is 0 Å². The SMILES string of the molecule is C=C(C)C(=O)NCCC(=O)On1nnc(C)c1C. The van der Waals surface area contributed by atoms with E-state index in [9.17, 15) is 9.59 Å². The highest BCUT2D eigenvalue weighted by Gasteiger charge is 2.10. The molecule has 7 heteroatoms. The third-order valence-electron chi connectivity index (χ3n) is 2.28. The summed E-state index contributed by atoms with van der Waals surface area (Å²) in [5.41, 5.74) is 1.75. The molecule has 0 aliphatic rings. The molecule has 7 nitrogen and oxygen atoms in total. The first-order valence-corrected chi connectivity index (χ1v) is 5.45. The molecular formula is C11H16N4O3. The van der Waals surface area contributed by atoms with Gasteiger partial charge in [0.2, 0.25) is 5.91 Å². The van der Waals surface area contributed by atoms with Crippen LogP contribution in [0.3, 0.4) is 0 Å². The Labute approximate surface area is 105 Å². The minimum absolute atomic E-state index is 0.0529. The summed E-state index contributed by atoms with van der Waals surface area (Å²) in [6, 6.07) is 0. The van der Waals surface area contributed by atoms with Crippen molar-refractivity contribution in [1.29, 1.82) is 0 Å². The maximum atomic E-state index is 11.4. The number of nitrogens with one attached hydrogen (secondary N) is 1. The Morgan fingerprint density at radius 3 is 2.61 bits per heavy atom. The van der Waals surface area contributed by atoms with Crippen LogP contribution in [0, 0.1) is 13.8 Å². The maximum absolute atomic E-state index is 11.4. The predicted molar refractivity (Wildman–Crippen MR) is 63.5 cm³/mol. The fourth-order valence-electron chi connectivity index (χ4n) is 1.04. The summed E-state index contributed by atoms with van der Waals surface area (Å²) in [4.78, 5) is 28.6. The lowest BCUT2D eigenvalue weighted by Crippen LogP contribution is -2.29. The third-order valence-corrected chi connectivity index (χ3v) is 2.28. The molecule has 1 amide bonds. The monoisotopic (exact) mass is 252 g/mol. The normalized spacial score (nSPS) is 9.94. The van der Waals surface area contributed by atoms with Crippen molar-refractivity contribution in [3.63, 3.8) is 0 Å². The predicted octanol–water partition coefficient (Wildman–Crippen LogP) is -0.0675. The summed E-state index contributed by atoms with van der Waals surface area (Å²) >= 11 is 0. The molecule has 0 bridgehead atoms. The van der Waals surface area contributed by atoms with Crippen molar-refractivity contribution in [3.8, 4) is 0 Å². The van der Waals surface area contributed by atoms with E-state index in [0.717, 1.165) is 4.85 Å². The highest BCUT2D eigenvalue weighted by Crippen LogP contribution is 1.99. The molecule has 0 unspecified atom stereocenters. The van der Waals surface area contributed by atoms with Crippen LogP contribution in [0.25, 0.3) is 0 Å². The molecule has 0 saturated heterocycles. The molecule has 0 aliphatic heterocycles. The molecule has 1 aromatic rings. The number of nitrogens with zero attached hydrogens (tertiary/aromatic N) is 3. The zero-order chi connectivity index (χ0) is 13.7. The van der Waals surface area contributed by atoms with Gasteiger partial charge in [0.15, 0.2) is 0 Å². The third kappa shape index (κ3) is 3.69. The van der Waals surface area contributed by atoms with E-state index in [1.54, 1.807) is 20.8 Å². The maximum Gasteiger partial charge on any atom is 0.336 e. The van der Waals surface area contributed by atoms with E-state index in [1.165, 1.54) is 0 Å². The molecule has 0 saturated carbocycles. The highest BCUT2D eigenvalue weighted by atomic mass is 16.7. The molecule has 18 heavy (non-hydrogen) atoms. The van der Waals surface area contributed by atoms with Gasteiger partial charge in [0.05, 0.1) is 12.1 Å². The number of rotatable bonds is 5. The van der Waals surface area contributed by atoms with Crippen molar-refractivity contribution in [2.75, 3.05) is 6.54 Å². The minimum atomic E-state index is -0.495. The molecule has 0 aliphatic carbocycles. The molecular weight excluding hydrogens is 236 g/mol. The summed E-state index contributed by atoms with van der Waals surface area (Å²) < 4.78 is 0. The largest absolute Gasteiger partial charge is 0.352 e. The van der Waals surface area contributed by atoms with Crippen LogP contribution in [0.1, 0.15) is 24.7 Å². The van der Waals surface area contributed by atoms with Gasteiger partial charge in [-0.2, -0.15) is 0 Å². The summed E-state index contributed by atoms with van der Waals surface area (Å²) in [6.45, 7) is 8.77. The van der Waals surface area contributed by atoms with Crippen molar-refractivity contribution >= 4 is 11.9 Å². The van der Waals surface area contributed by atoms with Gasteiger partial charge < -0.3 is 10.2 Å². The van der Waals surface area contributed by atoms with E-state index < -0.39 is 5.97 Å². The molecule has 0 radical (unpaired) electrons. The quantitative estimate of drug-likeness (QED) is 0.585. The molecule has 1 aromatic heterocycles. The summed E-state index contributed by atoms with van der Waals surface area (Å²) in [5, 5.41) is 9.94. The van der Waals surface area contributed by atoms with E-state index in [4.69, 9.17) is 4.84 Å². The number of carbonyl (C=O) groups is 2. The Morgan fingerprint density at radius 2 is 2.11 bits per heavy atom. The van der Waals surface area contributed by atoms with E-state index >= 15 is 0 Å². The average Bonchev–Trinajstić information content (AvgIpc) is 2.60. The molecule has 1 N–H and O–H groups in total. The number of amides is 1. The van der Waals surface area contributed by atoms with E-state index in [2.05, 4.69) is 22.2 Å². The summed E-state index contributed by atoms with van der Waals surface area (Å²) in [6.07, 6.45) is 0.0529. The van der Waals surface area contributed by atoms with Crippen molar-refractivity contribution in [2.24, 2.45) is 0 Å². The second-order valence-corrected chi connectivity index (χ2v) is 3.88. The first-order valence-electron chi connectivity index (χ1n) is 5.45. The second-order valence-electron chi connectivity index (χ2n) is 3.88. The van der Waals surface area contributed by atoms with Gasteiger partial charge in [-0.15, -0.1) is 5.10 Å². The smallest absolute Gasteiger partial charge is 0.336 e. The zero-order valence-electron chi connectivity index (χ0n) is 10.7. The first-order chi connectivity index (χ1) is 8.41. The Kier molecular flexibility index (Phi) is 4.59. The molecule has 0 fully saturated rings. The van der Waals surface area contributed by atoms with Gasteiger partial charge in [-0.1, -0.05) is 11.4 Å². The van der Waals surface area contributed by atoms with Gasteiger partial charge >= 0.3 is 5.97 Å². The van der Waals surface area contributed by atoms with Crippen molar-refractivity contribution in [1.82, 2.24) is 20.5 Å². The number of aromatic nitrogens is 3. The Bertz CT molecular complexity index is 479. The van der Waals surface area contributed by atoms with Crippen LogP contribution in [0.5, 0.6) is 0 Å². The highest BCUT2D eigenvalue weighted by molar-refractivity contribution is 5.92. The first kappa shape index (κ1) is 13.9. The van der Waals surface area contributed by atoms with Gasteiger partial charge in [0, 0.05) is 12.1 Å². The number of hydrogen-bond acceptors (Lipinski definition) is 5. The standard InChI is InChI=1S/C11H16N4O3/c1-7(2)11(17)12-6-5-10(16)18-15-9(4)8(3)13-14-15/h1,5-6H2,2-4H3,(H,12,17). The average molecular weight is 252 g/mol. The van der Waals surface area contributed by atoms with Crippen LogP contribution in [0.2, 0.25) is 0 Å². The number of hydrogen-bond donors (Lipinski definition) is 1. The molecule has 0 atom stereocenters. The molecule has 0 aromatic carbocycles. The molecule has 0 spiro atoms. The van der Waals surface area contributed by atoms with Gasteiger partial charge in [0.25, 0.3) is 0 Å². The van der Waals surface area contributed by atoms with Crippen LogP contribution in [-0.2, 0) is 9.59 Å². The van der Waals surface area contributed by atoms with Gasteiger partial charge in [-0.25, -0.2) is 4.79 Å². The van der Waals surface area contributed by atoms with Crippen molar-refractivity contribution in [3.05, 3.63) is 23.5 Å². The fraction of sp³-hybridized carbons (Fsp3) is 0.455. The zero-order valence-corrected chi connectivity index (χ0v) is 10.7. The lowest BCUT2D eigenvalue weighted by molar-refractivity contribution is -0.146. The Balaban J connectivity index is 2.37. The van der Waals surface area contributed by atoms with Crippen molar-refractivity contribution in [2.45, 2.75) is 27.2 Å². The lowest BCUT2D eigenvalue weighted by atomic mass is 10.3. The van der Waals surface area contributed by atoms with E-state index in [-0.39, 0.29) is 18.9 Å². The topological polar surface area (TPSA) is 86.1 Å². The van der Waals surface area contributed by atoms with Crippen LogP contribution in [-0.4, -0.2) is 33.6 Å². The molecule has 1 rings (SSSR count). The summed E-state index contributed by atoms with van der Waals surface area (Å²) in [7, 11) is 0. The number of aryl methyl sites for hydroxylation is 1. The Morgan fingerprint density at radius 1 is 1.44 bits per heavy atom. The van der Waals surface area contributed by atoms with Crippen LogP contribution in [0.15, 0.2) is 12.2 Å². The fourth-order valence-corrected chi connectivity index (χ4v) is 1.04. The van der Waals surface area contributed by atoms with Gasteiger partial charge in [-0.3, -0.25) is 4.79 Å². The van der Waals surface area contributed by atoms with E-state index in [0.29, 0.717) is 17.0 Å². The Hall–Kier alpha value is -2.18. The second kappa shape index (κ2) is 5.95. The van der Waals surface area contributed by atoms with Gasteiger partial charge in [-0.05, 0) is 26.0 Å². The number of carbonyl (C=O) groups excluding carboxylic acids is 2. The molecule has 98 valence electrons.